The van der Waals surface area contributed by atoms with Gasteiger partial charge in [0.05, 0.1) is 0 Å². The second-order valence-corrected chi connectivity index (χ2v) is 6.84. The number of hydrogen-bond acceptors (Lipinski definition) is 5. The average Bonchev–Trinajstić information content (AvgIpc) is 2.85. The summed E-state index contributed by atoms with van der Waals surface area (Å²) in [6.07, 6.45) is 0.213. The fourth-order valence-corrected chi connectivity index (χ4v) is 2.32. The molecule has 6 heteroatoms. The van der Waals surface area contributed by atoms with E-state index in [9.17, 15) is 9.59 Å². The standard InChI is InChI=1S/C19H25NO5/c1-13-14-8-5-6-9-15(14)24-16(13)12-23-17(21)10-7-11-20-18(22)25-19(2,3)4/h5-6,8-9H,7,10-12H2,1-4H3,(H,20,22). The Bertz CT molecular complexity index is 742. The van der Waals surface area contributed by atoms with E-state index in [0.717, 1.165) is 16.5 Å². The average molecular weight is 347 g/mol. The quantitative estimate of drug-likeness (QED) is 0.629. The maximum atomic E-state index is 11.8. The highest BCUT2D eigenvalue weighted by atomic mass is 16.6. The van der Waals surface area contributed by atoms with E-state index in [4.69, 9.17) is 13.9 Å². The number of ether oxygens (including phenoxy) is 2. The van der Waals surface area contributed by atoms with E-state index in [0.29, 0.717) is 18.7 Å². The van der Waals surface area contributed by atoms with Crippen molar-refractivity contribution in [1.29, 1.82) is 0 Å². The van der Waals surface area contributed by atoms with Crippen LogP contribution >= 0.6 is 0 Å². The highest BCUT2D eigenvalue weighted by Crippen LogP contribution is 2.25. The summed E-state index contributed by atoms with van der Waals surface area (Å²) < 4.78 is 16.1. The molecule has 0 aliphatic carbocycles. The minimum absolute atomic E-state index is 0.110. The fourth-order valence-electron chi connectivity index (χ4n) is 2.32. The van der Waals surface area contributed by atoms with Gasteiger partial charge < -0.3 is 19.2 Å². The number of benzene rings is 1. The van der Waals surface area contributed by atoms with Crippen molar-refractivity contribution in [3.63, 3.8) is 0 Å². The molecule has 0 saturated heterocycles. The van der Waals surface area contributed by atoms with Crippen molar-refractivity contribution in [2.24, 2.45) is 0 Å². The molecule has 0 unspecified atom stereocenters. The number of carbonyl (C=O) groups is 2. The highest BCUT2D eigenvalue weighted by Gasteiger charge is 2.16. The number of furan rings is 1. The highest BCUT2D eigenvalue weighted by molar-refractivity contribution is 5.81. The number of carbonyl (C=O) groups excluding carboxylic acids is 2. The number of para-hydroxylation sites is 1. The number of nitrogens with one attached hydrogen (secondary N) is 1. The van der Waals surface area contributed by atoms with Crippen molar-refractivity contribution in [3.8, 4) is 0 Å². The maximum Gasteiger partial charge on any atom is 0.407 e. The van der Waals surface area contributed by atoms with Gasteiger partial charge in [0.25, 0.3) is 0 Å². The molecule has 136 valence electrons. The molecule has 1 heterocycles. The van der Waals surface area contributed by atoms with Gasteiger partial charge in [-0.3, -0.25) is 4.79 Å². The van der Waals surface area contributed by atoms with E-state index < -0.39 is 11.7 Å². The zero-order chi connectivity index (χ0) is 18.4. The van der Waals surface area contributed by atoms with Crippen molar-refractivity contribution >= 4 is 23.0 Å². The van der Waals surface area contributed by atoms with Gasteiger partial charge in [-0.2, -0.15) is 0 Å². The minimum Gasteiger partial charge on any atom is -0.457 e. The van der Waals surface area contributed by atoms with Crippen LogP contribution < -0.4 is 5.32 Å². The zero-order valence-electron chi connectivity index (χ0n) is 15.2. The Kier molecular flexibility index (Phi) is 6.07. The van der Waals surface area contributed by atoms with Gasteiger partial charge in [0.2, 0.25) is 0 Å². The molecule has 2 aromatic rings. The van der Waals surface area contributed by atoms with Gasteiger partial charge in [-0.05, 0) is 40.2 Å². The molecule has 25 heavy (non-hydrogen) atoms. The van der Waals surface area contributed by atoms with Crippen LogP contribution in [0.1, 0.15) is 44.9 Å². The van der Waals surface area contributed by atoms with Crippen LogP contribution in [0.5, 0.6) is 0 Å². The summed E-state index contributed by atoms with van der Waals surface area (Å²) in [5, 5.41) is 3.63. The van der Waals surface area contributed by atoms with Crippen molar-refractivity contribution in [1.82, 2.24) is 5.32 Å². The molecule has 1 N–H and O–H groups in total. The normalized spacial score (nSPS) is 11.4. The lowest BCUT2D eigenvalue weighted by Crippen LogP contribution is -2.33. The number of fused-ring (bicyclic) bond motifs is 1. The van der Waals surface area contributed by atoms with Crippen LogP contribution in [0, 0.1) is 6.92 Å². The van der Waals surface area contributed by atoms with Gasteiger partial charge in [-0.1, -0.05) is 18.2 Å². The number of alkyl carbamates (subject to hydrolysis) is 1. The summed E-state index contributed by atoms with van der Waals surface area (Å²) in [6, 6.07) is 7.70. The second-order valence-electron chi connectivity index (χ2n) is 6.84. The van der Waals surface area contributed by atoms with Gasteiger partial charge in [0.15, 0.2) is 0 Å². The molecule has 0 atom stereocenters. The first-order chi connectivity index (χ1) is 11.8. The zero-order valence-corrected chi connectivity index (χ0v) is 15.2. The molecule has 0 bridgehead atoms. The van der Waals surface area contributed by atoms with E-state index >= 15 is 0 Å². The van der Waals surface area contributed by atoms with Gasteiger partial charge in [-0.25, -0.2) is 4.79 Å². The Morgan fingerprint density at radius 3 is 2.60 bits per heavy atom. The largest absolute Gasteiger partial charge is 0.457 e. The van der Waals surface area contributed by atoms with E-state index in [1.165, 1.54) is 0 Å². The first-order valence-electron chi connectivity index (χ1n) is 8.36. The predicted octanol–water partition coefficient (Wildman–Crippen LogP) is 4.09. The molecule has 0 aliphatic heterocycles. The molecule has 6 nitrogen and oxygen atoms in total. The predicted molar refractivity (Wildman–Crippen MR) is 94.2 cm³/mol. The molecule has 0 aliphatic rings. The van der Waals surface area contributed by atoms with Gasteiger partial charge >= 0.3 is 12.1 Å². The van der Waals surface area contributed by atoms with Crippen LogP contribution in [0.15, 0.2) is 28.7 Å². The van der Waals surface area contributed by atoms with Crippen LogP contribution in [0.3, 0.4) is 0 Å². The number of hydrogen-bond donors (Lipinski definition) is 1. The summed E-state index contributed by atoms with van der Waals surface area (Å²) >= 11 is 0. The number of amides is 1. The lowest BCUT2D eigenvalue weighted by atomic mass is 10.1. The van der Waals surface area contributed by atoms with Gasteiger partial charge in [0.1, 0.15) is 23.6 Å². The monoisotopic (exact) mass is 347 g/mol. The van der Waals surface area contributed by atoms with Crippen LogP contribution in [-0.2, 0) is 20.9 Å². The summed E-state index contributed by atoms with van der Waals surface area (Å²) in [4.78, 5) is 23.3. The molecule has 0 spiro atoms. The third kappa shape index (κ3) is 5.81. The van der Waals surface area contributed by atoms with E-state index in [2.05, 4.69) is 5.32 Å². The van der Waals surface area contributed by atoms with Crippen LogP contribution in [0.2, 0.25) is 0 Å². The van der Waals surface area contributed by atoms with E-state index in [1.807, 2.05) is 31.2 Å². The van der Waals surface area contributed by atoms with Gasteiger partial charge in [-0.15, -0.1) is 0 Å². The Morgan fingerprint density at radius 2 is 1.92 bits per heavy atom. The minimum atomic E-state index is -0.534. The molecule has 1 aromatic heterocycles. The van der Waals surface area contributed by atoms with Crippen molar-refractivity contribution < 1.29 is 23.5 Å². The molecular weight excluding hydrogens is 322 g/mol. The first kappa shape index (κ1) is 18.8. The molecule has 0 fully saturated rings. The summed E-state index contributed by atoms with van der Waals surface area (Å²) in [7, 11) is 0. The van der Waals surface area contributed by atoms with Gasteiger partial charge in [0, 0.05) is 23.9 Å². The smallest absolute Gasteiger partial charge is 0.407 e. The molecule has 0 saturated carbocycles. The van der Waals surface area contributed by atoms with Crippen molar-refractivity contribution in [2.75, 3.05) is 6.54 Å². The van der Waals surface area contributed by atoms with Crippen LogP contribution in [0.25, 0.3) is 11.0 Å². The first-order valence-corrected chi connectivity index (χ1v) is 8.36. The summed E-state index contributed by atoms with van der Waals surface area (Å²) in [5.41, 5.74) is 1.23. The number of esters is 1. The molecule has 2 rings (SSSR count). The molecule has 1 amide bonds. The lowest BCUT2D eigenvalue weighted by Gasteiger charge is -2.19. The molecular formula is C19H25NO5. The Labute approximate surface area is 147 Å². The van der Waals surface area contributed by atoms with Crippen molar-refractivity contribution in [3.05, 3.63) is 35.6 Å². The Hall–Kier alpha value is -2.50. The van der Waals surface area contributed by atoms with Crippen LogP contribution in [0.4, 0.5) is 4.79 Å². The third-order valence-corrected chi connectivity index (χ3v) is 3.53. The summed E-state index contributed by atoms with van der Waals surface area (Å²) in [6.45, 7) is 7.80. The second kappa shape index (κ2) is 8.05. The maximum absolute atomic E-state index is 11.8. The number of aryl methyl sites for hydroxylation is 1. The lowest BCUT2D eigenvalue weighted by molar-refractivity contribution is -0.145. The Morgan fingerprint density at radius 1 is 1.20 bits per heavy atom. The fraction of sp³-hybridized carbons (Fsp3) is 0.474. The number of rotatable bonds is 6. The SMILES string of the molecule is Cc1c(COC(=O)CCCNC(=O)OC(C)(C)C)oc2ccccc12. The topological polar surface area (TPSA) is 77.8 Å². The van der Waals surface area contributed by atoms with E-state index in [-0.39, 0.29) is 19.0 Å². The molecule has 0 radical (unpaired) electrons. The third-order valence-electron chi connectivity index (χ3n) is 3.53. The Balaban J connectivity index is 1.70. The van der Waals surface area contributed by atoms with Crippen molar-refractivity contribution in [2.45, 2.75) is 52.7 Å². The molecule has 1 aromatic carbocycles. The van der Waals surface area contributed by atoms with Crippen LogP contribution in [-0.4, -0.2) is 24.2 Å². The van der Waals surface area contributed by atoms with E-state index in [1.54, 1.807) is 20.8 Å². The summed E-state index contributed by atoms with van der Waals surface area (Å²) in [5.74, 6) is 0.326.